The van der Waals surface area contributed by atoms with Crippen molar-refractivity contribution in [2.45, 2.75) is 24.7 Å². The highest BCUT2D eigenvalue weighted by Crippen LogP contribution is 2.28. The first-order valence-corrected chi connectivity index (χ1v) is 9.09. The fourth-order valence-corrected chi connectivity index (χ4v) is 5.22. The van der Waals surface area contributed by atoms with E-state index < -0.39 is 10.0 Å². The summed E-state index contributed by atoms with van der Waals surface area (Å²) in [7, 11) is -1.44. The minimum atomic E-state index is -3.38. The van der Waals surface area contributed by atoms with Crippen LogP contribution in [0.1, 0.15) is 18.4 Å². The SMILES string of the molecule is CNCC1CCN(S(=O)(=O)c2ccc(C)cc2Br)CC1.Cl. The van der Waals surface area contributed by atoms with E-state index in [-0.39, 0.29) is 12.4 Å². The summed E-state index contributed by atoms with van der Waals surface area (Å²) in [6.07, 6.45) is 1.84. The molecular weight excluding hydrogens is 376 g/mol. The van der Waals surface area contributed by atoms with Crippen molar-refractivity contribution in [3.8, 4) is 0 Å². The van der Waals surface area contributed by atoms with E-state index in [9.17, 15) is 8.42 Å². The van der Waals surface area contributed by atoms with Crippen molar-refractivity contribution in [1.82, 2.24) is 9.62 Å². The molecule has 120 valence electrons. The summed E-state index contributed by atoms with van der Waals surface area (Å²) in [5.74, 6) is 0.577. The van der Waals surface area contributed by atoms with Crippen LogP contribution in [0.4, 0.5) is 0 Å². The molecule has 1 aromatic carbocycles. The van der Waals surface area contributed by atoms with Crippen molar-refractivity contribution in [2.24, 2.45) is 5.92 Å². The van der Waals surface area contributed by atoms with Crippen LogP contribution in [-0.4, -0.2) is 39.4 Å². The van der Waals surface area contributed by atoms with Crippen molar-refractivity contribution in [3.63, 3.8) is 0 Å². The second kappa shape index (κ2) is 7.92. The van der Waals surface area contributed by atoms with Crippen molar-refractivity contribution in [2.75, 3.05) is 26.7 Å². The Morgan fingerprint density at radius 3 is 2.48 bits per heavy atom. The molecule has 1 N–H and O–H groups in total. The maximum absolute atomic E-state index is 12.7. The molecule has 1 aromatic rings. The summed E-state index contributed by atoms with van der Waals surface area (Å²) in [5, 5.41) is 3.16. The van der Waals surface area contributed by atoms with Gasteiger partial charge in [-0.3, -0.25) is 0 Å². The van der Waals surface area contributed by atoms with Crippen LogP contribution in [-0.2, 0) is 10.0 Å². The second-order valence-electron chi connectivity index (χ2n) is 5.34. The summed E-state index contributed by atoms with van der Waals surface area (Å²) in [6, 6.07) is 5.38. The average molecular weight is 398 g/mol. The van der Waals surface area contributed by atoms with Gasteiger partial charge in [0.25, 0.3) is 0 Å². The van der Waals surface area contributed by atoms with E-state index in [1.807, 2.05) is 26.1 Å². The standard InChI is InChI=1S/C14H21BrN2O2S.ClH/c1-11-3-4-14(13(15)9-11)20(18,19)17-7-5-12(6-8-17)10-16-2;/h3-4,9,12,16H,5-8,10H2,1-2H3;1H. The molecule has 0 aliphatic carbocycles. The molecule has 0 unspecified atom stereocenters. The molecule has 21 heavy (non-hydrogen) atoms. The molecule has 1 aliphatic rings. The van der Waals surface area contributed by atoms with Crippen LogP contribution in [0.25, 0.3) is 0 Å². The Balaban J connectivity index is 0.00000220. The van der Waals surface area contributed by atoms with Crippen LogP contribution < -0.4 is 5.32 Å². The Morgan fingerprint density at radius 1 is 1.33 bits per heavy atom. The summed E-state index contributed by atoms with van der Waals surface area (Å²) >= 11 is 3.37. The predicted octanol–water partition coefficient (Wildman–Crippen LogP) is 2.80. The van der Waals surface area contributed by atoms with Gasteiger partial charge in [0.2, 0.25) is 10.0 Å². The molecule has 1 fully saturated rings. The van der Waals surface area contributed by atoms with Gasteiger partial charge in [-0.05, 0) is 72.9 Å². The maximum Gasteiger partial charge on any atom is 0.244 e. The van der Waals surface area contributed by atoms with Crippen molar-refractivity contribution < 1.29 is 8.42 Å². The molecule has 1 aliphatic heterocycles. The van der Waals surface area contributed by atoms with Crippen molar-refractivity contribution >= 4 is 38.4 Å². The summed E-state index contributed by atoms with van der Waals surface area (Å²) in [5.41, 5.74) is 1.04. The monoisotopic (exact) mass is 396 g/mol. The van der Waals surface area contributed by atoms with Gasteiger partial charge in [0.1, 0.15) is 0 Å². The number of nitrogens with one attached hydrogen (secondary N) is 1. The van der Waals surface area contributed by atoms with Gasteiger partial charge in [-0.2, -0.15) is 4.31 Å². The molecule has 0 atom stereocenters. The van der Waals surface area contributed by atoms with Crippen LogP contribution >= 0.6 is 28.3 Å². The number of piperidine rings is 1. The number of nitrogens with zero attached hydrogens (tertiary/aromatic N) is 1. The van der Waals surface area contributed by atoms with E-state index in [0.717, 1.165) is 24.9 Å². The van der Waals surface area contributed by atoms with Gasteiger partial charge in [-0.1, -0.05) is 6.07 Å². The van der Waals surface area contributed by atoms with E-state index in [1.54, 1.807) is 10.4 Å². The molecule has 1 heterocycles. The Hall–Kier alpha value is -0.140. The molecule has 4 nitrogen and oxygen atoms in total. The number of halogens is 2. The summed E-state index contributed by atoms with van der Waals surface area (Å²) in [4.78, 5) is 0.371. The summed E-state index contributed by atoms with van der Waals surface area (Å²) in [6.45, 7) is 4.12. The predicted molar refractivity (Wildman–Crippen MR) is 91.5 cm³/mol. The number of hydrogen-bond donors (Lipinski definition) is 1. The zero-order valence-corrected chi connectivity index (χ0v) is 15.5. The highest BCUT2D eigenvalue weighted by atomic mass is 79.9. The summed E-state index contributed by atoms with van der Waals surface area (Å²) < 4.78 is 27.6. The third kappa shape index (κ3) is 4.42. The Morgan fingerprint density at radius 2 is 1.95 bits per heavy atom. The zero-order valence-electron chi connectivity index (χ0n) is 12.3. The highest BCUT2D eigenvalue weighted by Gasteiger charge is 2.30. The van der Waals surface area contributed by atoms with Gasteiger partial charge in [-0.15, -0.1) is 12.4 Å². The normalized spacial score (nSPS) is 17.5. The quantitative estimate of drug-likeness (QED) is 0.850. The van der Waals surface area contributed by atoms with Gasteiger partial charge < -0.3 is 5.32 Å². The highest BCUT2D eigenvalue weighted by molar-refractivity contribution is 9.10. The molecule has 0 radical (unpaired) electrons. The lowest BCUT2D eigenvalue weighted by atomic mass is 9.98. The van der Waals surface area contributed by atoms with E-state index in [1.165, 1.54) is 0 Å². The molecular formula is C14H22BrClN2O2S. The van der Waals surface area contributed by atoms with Gasteiger partial charge in [0, 0.05) is 17.6 Å². The van der Waals surface area contributed by atoms with Crippen molar-refractivity contribution in [1.29, 1.82) is 0 Å². The molecule has 1 saturated heterocycles. The van der Waals surface area contributed by atoms with E-state index in [0.29, 0.717) is 28.4 Å². The van der Waals surface area contributed by atoms with Crippen molar-refractivity contribution in [3.05, 3.63) is 28.2 Å². The smallest absolute Gasteiger partial charge is 0.244 e. The molecule has 0 spiro atoms. The lowest BCUT2D eigenvalue weighted by Crippen LogP contribution is -2.40. The number of hydrogen-bond acceptors (Lipinski definition) is 3. The Kier molecular flexibility index (Phi) is 7.13. The van der Waals surface area contributed by atoms with E-state index >= 15 is 0 Å². The van der Waals surface area contributed by atoms with E-state index in [2.05, 4.69) is 21.2 Å². The van der Waals surface area contributed by atoms with Gasteiger partial charge in [0.05, 0.1) is 4.90 Å². The molecule has 2 rings (SSSR count). The largest absolute Gasteiger partial charge is 0.319 e. The lowest BCUT2D eigenvalue weighted by Gasteiger charge is -2.31. The van der Waals surface area contributed by atoms with Crippen LogP contribution in [0, 0.1) is 12.8 Å². The molecule has 0 bridgehead atoms. The van der Waals surface area contributed by atoms with Crippen LogP contribution in [0.3, 0.4) is 0 Å². The number of aryl methyl sites for hydroxylation is 1. The lowest BCUT2D eigenvalue weighted by molar-refractivity contribution is 0.270. The average Bonchev–Trinajstić information content (AvgIpc) is 2.39. The second-order valence-corrected chi connectivity index (χ2v) is 8.10. The first-order valence-electron chi connectivity index (χ1n) is 6.86. The number of sulfonamides is 1. The van der Waals surface area contributed by atoms with Crippen LogP contribution in [0.2, 0.25) is 0 Å². The fourth-order valence-electron chi connectivity index (χ4n) is 2.60. The van der Waals surface area contributed by atoms with Gasteiger partial charge >= 0.3 is 0 Å². The van der Waals surface area contributed by atoms with E-state index in [4.69, 9.17) is 0 Å². The van der Waals surface area contributed by atoms with Crippen LogP contribution in [0.15, 0.2) is 27.6 Å². The minimum Gasteiger partial charge on any atom is -0.319 e. The number of benzene rings is 1. The Labute approximate surface area is 141 Å². The zero-order chi connectivity index (χ0) is 14.8. The van der Waals surface area contributed by atoms with Crippen LogP contribution in [0.5, 0.6) is 0 Å². The van der Waals surface area contributed by atoms with Gasteiger partial charge in [-0.25, -0.2) is 8.42 Å². The van der Waals surface area contributed by atoms with Gasteiger partial charge in [0.15, 0.2) is 0 Å². The maximum atomic E-state index is 12.7. The Bertz CT molecular complexity index is 572. The number of rotatable bonds is 4. The first kappa shape index (κ1) is 18.9. The third-order valence-corrected chi connectivity index (χ3v) is 6.65. The first-order chi connectivity index (χ1) is 9.45. The fraction of sp³-hybridized carbons (Fsp3) is 0.571. The molecule has 0 saturated carbocycles. The topological polar surface area (TPSA) is 49.4 Å². The third-order valence-electron chi connectivity index (χ3n) is 3.77. The molecule has 7 heteroatoms. The minimum absolute atomic E-state index is 0. The molecule has 0 aromatic heterocycles. The molecule has 0 amide bonds.